The van der Waals surface area contributed by atoms with Gasteiger partial charge < -0.3 is 9.42 Å². The van der Waals surface area contributed by atoms with Crippen molar-refractivity contribution in [1.29, 1.82) is 0 Å². The van der Waals surface area contributed by atoms with Crippen molar-refractivity contribution in [1.82, 2.24) is 0 Å². The van der Waals surface area contributed by atoms with Crippen LogP contribution in [0.4, 0.5) is 0 Å². The van der Waals surface area contributed by atoms with Gasteiger partial charge in [-0.1, -0.05) is 80.5 Å². The van der Waals surface area contributed by atoms with Gasteiger partial charge in [-0.05, 0) is 45.1 Å². The fourth-order valence-electron chi connectivity index (χ4n) is 3.44. The monoisotopic (exact) mass is 384 g/mol. The standard InChI is InChI=1S/C24H33O2P/c1-22(2,3)15-10-11-17-18-12-16(23(4,5)6)13-19(24(7,8)9)21(18)26-27(25)20(17)14-15/h10-14,25H,1-9H3. The lowest BCUT2D eigenvalue weighted by molar-refractivity contribution is 0.476. The van der Waals surface area contributed by atoms with Gasteiger partial charge in [0.05, 0.1) is 5.30 Å². The molecule has 0 aliphatic carbocycles. The smallest absolute Gasteiger partial charge is 0.262 e. The van der Waals surface area contributed by atoms with Crippen molar-refractivity contribution >= 4 is 13.7 Å². The summed E-state index contributed by atoms with van der Waals surface area (Å²) in [6.45, 7) is 19.9. The lowest BCUT2D eigenvalue weighted by Crippen LogP contribution is -2.23. The van der Waals surface area contributed by atoms with Crippen molar-refractivity contribution in [2.75, 3.05) is 0 Å². The van der Waals surface area contributed by atoms with Gasteiger partial charge >= 0.3 is 0 Å². The van der Waals surface area contributed by atoms with Crippen LogP contribution < -0.4 is 9.83 Å². The Bertz CT molecular complexity index is 877. The Labute approximate surface area is 165 Å². The van der Waals surface area contributed by atoms with Crippen molar-refractivity contribution in [3.05, 3.63) is 47.0 Å². The maximum absolute atomic E-state index is 10.9. The van der Waals surface area contributed by atoms with Crippen LogP contribution in [0, 0.1) is 0 Å². The molecule has 1 N–H and O–H groups in total. The second-order valence-electron chi connectivity index (χ2n) is 10.7. The average Bonchev–Trinajstić information content (AvgIpc) is 2.51. The number of hydrogen-bond acceptors (Lipinski definition) is 2. The van der Waals surface area contributed by atoms with Crippen molar-refractivity contribution in [3.8, 4) is 16.9 Å². The van der Waals surface area contributed by atoms with E-state index in [0.717, 1.165) is 27.7 Å². The summed E-state index contributed by atoms with van der Waals surface area (Å²) in [6.07, 6.45) is 0. The molecule has 1 atom stereocenters. The molecule has 146 valence electrons. The third-order valence-corrected chi connectivity index (χ3v) is 6.44. The molecule has 27 heavy (non-hydrogen) atoms. The highest BCUT2D eigenvalue weighted by Gasteiger charge is 2.33. The molecule has 1 aliphatic rings. The molecule has 0 saturated heterocycles. The van der Waals surface area contributed by atoms with Crippen molar-refractivity contribution in [3.63, 3.8) is 0 Å². The molecule has 0 aromatic heterocycles. The van der Waals surface area contributed by atoms with E-state index in [0.29, 0.717) is 0 Å². The zero-order chi connectivity index (χ0) is 20.4. The molecule has 0 radical (unpaired) electrons. The zero-order valence-corrected chi connectivity index (χ0v) is 19.1. The minimum Gasteiger partial charge on any atom is -0.443 e. The number of fused-ring (bicyclic) bond motifs is 3. The molecule has 3 heteroatoms. The molecule has 0 saturated carbocycles. The molecule has 1 unspecified atom stereocenters. The Morgan fingerprint density at radius 1 is 0.704 bits per heavy atom. The first kappa shape index (κ1) is 20.4. The molecule has 0 fully saturated rings. The summed E-state index contributed by atoms with van der Waals surface area (Å²) in [5, 5.41) is 0.927. The third kappa shape index (κ3) is 3.80. The predicted molar refractivity (Wildman–Crippen MR) is 117 cm³/mol. The molecule has 1 heterocycles. The summed E-state index contributed by atoms with van der Waals surface area (Å²) in [6, 6.07) is 11.0. The molecule has 2 nitrogen and oxygen atoms in total. The van der Waals surface area contributed by atoms with Crippen LogP contribution in [0.2, 0.25) is 0 Å². The van der Waals surface area contributed by atoms with E-state index in [1.54, 1.807) is 0 Å². The SMILES string of the molecule is CC(C)(C)c1ccc2c(c1)P(O)Oc1c-2cc(C(C)(C)C)cc1C(C)(C)C. The van der Waals surface area contributed by atoms with Gasteiger partial charge in [-0.3, -0.25) is 0 Å². The van der Waals surface area contributed by atoms with Crippen molar-refractivity contribution in [2.24, 2.45) is 0 Å². The Kier molecular flexibility index (Phi) is 4.77. The van der Waals surface area contributed by atoms with E-state index in [-0.39, 0.29) is 16.2 Å². The van der Waals surface area contributed by atoms with Gasteiger partial charge in [0, 0.05) is 11.1 Å². The molecular formula is C24H33O2P. The first-order valence-electron chi connectivity index (χ1n) is 9.70. The van der Waals surface area contributed by atoms with Gasteiger partial charge in [0.25, 0.3) is 8.38 Å². The van der Waals surface area contributed by atoms with Crippen molar-refractivity contribution in [2.45, 2.75) is 78.6 Å². The third-order valence-electron chi connectivity index (χ3n) is 5.30. The van der Waals surface area contributed by atoms with Gasteiger partial charge in [0.2, 0.25) is 0 Å². The molecular weight excluding hydrogens is 351 g/mol. The molecule has 2 aromatic rings. The fourth-order valence-corrected chi connectivity index (χ4v) is 4.56. The Morgan fingerprint density at radius 3 is 1.81 bits per heavy atom. The van der Waals surface area contributed by atoms with Gasteiger partial charge in [-0.2, -0.15) is 0 Å². The van der Waals surface area contributed by atoms with Gasteiger partial charge in [0.1, 0.15) is 5.75 Å². The van der Waals surface area contributed by atoms with E-state index in [4.69, 9.17) is 4.52 Å². The van der Waals surface area contributed by atoms with Gasteiger partial charge in [-0.25, -0.2) is 0 Å². The second-order valence-corrected chi connectivity index (χ2v) is 12.0. The zero-order valence-electron chi connectivity index (χ0n) is 18.2. The quantitative estimate of drug-likeness (QED) is 0.521. The first-order valence-corrected chi connectivity index (χ1v) is 10.9. The maximum Gasteiger partial charge on any atom is 0.262 e. The maximum atomic E-state index is 10.9. The van der Waals surface area contributed by atoms with Gasteiger partial charge in [0.15, 0.2) is 0 Å². The van der Waals surface area contributed by atoms with E-state index >= 15 is 0 Å². The Hall–Kier alpha value is -1.37. The summed E-state index contributed by atoms with van der Waals surface area (Å²) < 4.78 is 6.17. The van der Waals surface area contributed by atoms with Crippen LogP contribution in [-0.2, 0) is 16.2 Å². The molecule has 2 aromatic carbocycles. The van der Waals surface area contributed by atoms with Gasteiger partial charge in [-0.15, -0.1) is 0 Å². The highest BCUT2D eigenvalue weighted by atomic mass is 31.2. The normalized spacial score (nSPS) is 17.2. The van der Waals surface area contributed by atoms with Crippen LogP contribution in [-0.4, -0.2) is 4.89 Å². The molecule has 0 amide bonds. The van der Waals surface area contributed by atoms with E-state index in [2.05, 4.69) is 92.6 Å². The van der Waals surface area contributed by atoms with Crippen LogP contribution in [0.5, 0.6) is 5.75 Å². The molecule has 1 aliphatic heterocycles. The summed E-state index contributed by atoms with van der Waals surface area (Å²) in [5.74, 6) is 0.847. The van der Waals surface area contributed by atoms with E-state index < -0.39 is 8.38 Å². The predicted octanol–water partition coefficient (Wildman–Crippen LogP) is 6.57. The molecule has 3 rings (SSSR count). The Balaban J connectivity index is 2.32. The fraction of sp³-hybridized carbons (Fsp3) is 0.500. The van der Waals surface area contributed by atoms with E-state index in [9.17, 15) is 4.89 Å². The van der Waals surface area contributed by atoms with Crippen LogP contribution in [0.3, 0.4) is 0 Å². The Morgan fingerprint density at radius 2 is 1.30 bits per heavy atom. The molecule has 0 spiro atoms. The summed E-state index contributed by atoms with van der Waals surface area (Å²) in [4.78, 5) is 10.9. The lowest BCUT2D eigenvalue weighted by Gasteiger charge is -2.33. The summed E-state index contributed by atoms with van der Waals surface area (Å²) >= 11 is 0. The van der Waals surface area contributed by atoms with Crippen LogP contribution in [0.1, 0.15) is 79.0 Å². The van der Waals surface area contributed by atoms with Crippen LogP contribution in [0.25, 0.3) is 11.1 Å². The average molecular weight is 385 g/mol. The number of hydrogen-bond donors (Lipinski definition) is 1. The van der Waals surface area contributed by atoms with Crippen LogP contribution in [0.15, 0.2) is 30.3 Å². The highest BCUT2D eigenvalue weighted by molar-refractivity contribution is 7.56. The topological polar surface area (TPSA) is 29.5 Å². The number of benzene rings is 2. The van der Waals surface area contributed by atoms with E-state index in [1.165, 1.54) is 11.1 Å². The summed E-state index contributed by atoms with van der Waals surface area (Å²) in [7, 11) is -1.66. The molecule has 0 bridgehead atoms. The minimum absolute atomic E-state index is 0.0370. The first-order chi connectivity index (χ1) is 12.2. The largest absolute Gasteiger partial charge is 0.443 e. The lowest BCUT2D eigenvalue weighted by atomic mass is 9.78. The highest BCUT2D eigenvalue weighted by Crippen LogP contribution is 2.52. The minimum atomic E-state index is -1.66. The van der Waals surface area contributed by atoms with E-state index in [1.807, 2.05) is 0 Å². The van der Waals surface area contributed by atoms with Crippen LogP contribution >= 0.6 is 8.38 Å². The van der Waals surface area contributed by atoms with Crippen molar-refractivity contribution < 1.29 is 9.42 Å². The number of rotatable bonds is 0. The summed E-state index contributed by atoms with van der Waals surface area (Å²) in [5.41, 5.74) is 5.91. The second kappa shape index (κ2) is 6.33.